The van der Waals surface area contributed by atoms with Crippen LogP contribution in [0.3, 0.4) is 0 Å². The maximum absolute atomic E-state index is 11.8. The predicted octanol–water partition coefficient (Wildman–Crippen LogP) is 2.74. The van der Waals surface area contributed by atoms with E-state index in [-0.39, 0.29) is 4.90 Å². The number of fused-ring (bicyclic) bond motifs is 1. The molecule has 0 atom stereocenters. The lowest BCUT2D eigenvalue weighted by Gasteiger charge is -2.03. The van der Waals surface area contributed by atoms with E-state index in [1.807, 2.05) is 16.7 Å². The van der Waals surface area contributed by atoms with Gasteiger partial charge in [-0.25, -0.2) is 8.42 Å². The number of aromatic amines is 1. The molecule has 0 aliphatic carbocycles. The topological polar surface area (TPSA) is 68.0 Å². The van der Waals surface area contributed by atoms with Crippen molar-refractivity contribution < 1.29 is 12.8 Å². The standard InChI is InChI=1S/C13H12N2O3S2/c1-20(16,17)11-6-2-5-10-12(11)14-13(19)15(10)8-9-4-3-7-18-9/h2-7H,8H2,1H3,(H,14,19). The summed E-state index contributed by atoms with van der Waals surface area (Å²) in [5, 5.41) is 0. The number of imidazole rings is 1. The average Bonchev–Trinajstić information content (AvgIpc) is 2.97. The molecule has 3 aromatic rings. The second kappa shape index (κ2) is 4.60. The van der Waals surface area contributed by atoms with Gasteiger partial charge in [0, 0.05) is 6.26 Å². The number of aromatic nitrogens is 2. The van der Waals surface area contributed by atoms with Crippen LogP contribution in [0.1, 0.15) is 5.76 Å². The van der Waals surface area contributed by atoms with Crippen molar-refractivity contribution in [1.82, 2.24) is 9.55 Å². The Kier molecular flexibility index (Phi) is 3.02. The fourth-order valence-corrected chi connectivity index (χ4v) is 3.30. The zero-order valence-corrected chi connectivity index (χ0v) is 12.3. The molecule has 0 aliphatic rings. The molecule has 2 aromatic heterocycles. The molecular weight excluding hydrogens is 296 g/mol. The minimum Gasteiger partial charge on any atom is -0.467 e. The zero-order valence-electron chi connectivity index (χ0n) is 10.7. The summed E-state index contributed by atoms with van der Waals surface area (Å²) in [6.07, 6.45) is 2.78. The van der Waals surface area contributed by atoms with Crippen molar-refractivity contribution in [2.24, 2.45) is 0 Å². The van der Waals surface area contributed by atoms with Crippen LogP contribution in [0.2, 0.25) is 0 Å². The van der Waals surface area contributed by atoms with Crippen molar-refractivity contribution in [3.8, 4) is 0 Å². The van der Waals surface area contributed by atoms with Crippen LogP contribution in [0.4, 0.5) is 0 Å². The Balaban J connectivity index is 2.25. The fourth-order valence-electron chi connectivity index (χ4n) is 2.18. The Morgan fingerprint density at radius 1 is 1.30 bits per heavy atom. The van der Waals surface area contributed by atoms with Crippen molar-refractivity contribution in [2.45, 2.75) is 11.4 Å². The molecule has 3 rings (SSSR count). The minimum absolute atomic E-state index is 0.249. The molecule has 0 unspecified atom stereocenters. The van der Waals surface area contributed by atoms with E-state index in [2.05, 4.69) is 4.98 Å². The number of H-pyrrole nitrogens is 1. The molecule has 20 heavy (non-hydrogen) atoms. The molecule has 7 heteroatoms. The third kappa shape index (κ3) is 2.19. The SMILES string of the molecule is CS(=O)(=O)c1cccc2c1[nH]c(=S)n2Cc1ccco1. The third-order valence-electron chi connectivity index (χ3n) is 3.07. The van der Waals surface area contributed by atoms with Crippen molar-refractivity contribution in [2.75, 3.05) is 6.26 Å². The highest BCUT2D eigenvalue weighted by molar-refractivity contribution is 7.91. The quantitative estimate of drug-likeness (QED) is 0.755. The molecule has 0 amide bonds. The Bertz CT molecular complexity index is 918. The lowest BCUT2D eigenvalue weighted by Crippen LogP contribution is -2.00. The summed E-state index contributed by atoms with van der Waals surface area (Å²) in [4.78, 5) is 3.22. The highest BCUT2D eigenvalue weighted by Gasteiger charge is 2.15. The van der Waals surface area contributed by atoms with Gasteiger partial charge in [0.15, 0.2) is 14.6 Å². The lowest BCUT2D eigenvalue weighted by molar-refractivity contribution is 0.495. The van der Waals surface area contributed by atoms with Gasteiger partial charge in [-0.05, 0) is 36.5 Å². The Morgan fingerprint density at radius 3 is 2.75 bits per heavy atom. The summed E-state index contributed by atoms with van der Waals surface area (Å²) >= 11 is 5.28. The monoisotopic (exact) mass is 308 g/mol. The number of furan rings is 1. The van der Waals surface area contributed by atoms with Crippen LogP contribution >= 0.6 is 12.2 Å². The summed E-state index contributed by atoms with van der Waals surface area (Å²) in [6, 6.07) is 8.76. The van der Waals surface area contributed by atoms with Crippen molar-refractivity contribution in [3.63, 3.8) is 0 Å². The van der Waals surface area contributed by atoms with Gasteiger partial charge in [0.2, 0.25) is 0 Å². The number of sulfone groups is 1. The van der Waals surface area contributed by atoms with Crippen LogP contribution in [0, 0.1) is 4.77 Å². The average molecular weight is 308 g/mol. The molecule has 0 spiro atoms. The van der Waals surface area contributed by atoms with Crippen LogP contribution in [0.15, 0.2) is 45.9 Å². The molecule has 0 fully saturated rings. The van der Waals surface area contributed by atoms with E-state index in [0.29, 0.717) is 16.8 Å². The number of rotatable bonds is 3. The maximum atomic E-state index is 11.8. The van der Waals surface area contributed by atoms with Crippen LogP contribution in [0.5, 0.6) is 0 Å². The lowest BCUT2D eigenvalue weighted by atomic mass is 10.3. The Labute approximate surface area is 120 Å². The van der Waals surface area contributed by atoms with Crippen molar-refractivity contribution >= 4 is 33.1 Å². The molecule has 1 aromatic carbocycles. The first kappa shape index (κ1) is 13.1. The molecule has 5 nitrogen and oxygen atoms in total. The largest absolute Gasteiger partial charge is 0.467 e. The molecular formula is C13H12N2O3S2. The highest BCUT2D eigenvalue weighted by atomic mass is 32.2. The third-order valence-corrected chi connectivity index (χ3v) is 4.53. The fraction of sp³-hybridized carbons (Fsp3) is 0.154. The summed E-state index contributed by atoms with van der Waals surface area (Å²) in [6.45, 7) is 0.457. The normalized spacial score (nSPS) is 12.1. The summed E-state index contributed by atoms with van der Waals surface area (Å²) < 4.78 is 31.2. The number of nitrogens with one attached hydrogen (secondary N) is 1. The van der Waals surface area contributed by atoms with Gasteiger partial charge in [-0.2, -0.15) is 0 Å². The second-order valence-electron chi connectivity index (χ2n) is 4.52. The van der Waals surface area contributed by atoms with Crippen LogP contribution in [-0.4, -0.2) is 24.2 Å². The number of hydrogen-bond acceptors (Lipinski definition) is 4. The molecule has 0 radical (unpaired) electrons. The van der Waals surface area contributed by atoms with Crippen molar-refractivity contribution in [1.29, 1.82) is 0 Å². The Hall–Kier alpha value is -1.86. The van der Waals surface area contributed by atoms with Gasteiger partial charge in [0.25, 0.3) is 0 Å². The first-order chi connectivity index (χ1) is 9.47. The first-order valence-corrected chi connectivity index (χ1v) is 8.21. The summed E-state index contributed by atoms with van der Waals surface area (Å²) in [7, 11) is -3.31. The molecule has 0 saturated heterocycles. The van der Waals surface area contributed by atoms with E-state index in [0.717, 1.165) is 11.3 Å². The highest BCUT2D eigenvalue weighted by Crippen LogP contribution is 2.23. The van der Waals surface area contributed by atoms with Crippen molar-refractivity contribution in [3.05, 3.63) is 47.1 Å². The summed E-state index contributed by atoms with van der Waals surface area (Å²) in [5.41, 5.74) is 1.28. The number of benzene rings is 1. The molecule has 104 valence electrons. The van der Waals surface area contributed by atoms with Gasteiger partial charge < -0.3 is 14.0 Å². The van der Waals surface area contributed by atoms with E-state index in [4.69, 9.17) is 16.6 Å². The van der Waals surface area contributed by atoms with E-state index >= 15 is 0 Å². The minimum atomic E-state index is -3.31. The molecule has 0 bridgehead atoms. The first-order valence-electron chi connectivity index (χ1n) is 5.91. The van der Waals surface area contributed by atoms with Crippen LogP contribution in [-0.2, 0) is 16.4 Å². The number of para-hydroxylation sites is 1. The van der Waals surface area contributed by atoms with Crippen LogP contribution in [0.25, 0.3) is 11.0 Å². The molecule has 0 saturated carbocycles. The van der Waals surface area contributed by atoms with E-state index in [9.17, 15) is 8.42 Å². The molecule has 0 aliphatic heterocycles. The van der Waals surface area contributed by atoms with Gasteiger partial charge in [-0.15, -0.1) is 0 Å². The smallest absolute Gasteiger partial charge is 0.178 e. The van der Waals surface area contributed by atoms with E-state index < -0.39 is 9.84 Å². The molecule has 2 heterocycles. The molecule has 1 N–H and O–H groups in total. The number of nitrogens with zero attached hydrogens (tertiary/aromatic N) is 1. The van der Waals surface area contributed by atoms with Gasteiger partial charge in [0.1, 0.15) is 5.76 Å². The van der Waals surface area contributed by atoms with Gasteiger partial charge in [-0.3, -0.25) is 0 Å². The second-order valence-corrected chi connectivity index (χ2v) is 6.89. The van der Waals surface area contributed by atoms with Gasteiger partial charge >= 0.3 is 0 Å². The van der Waals surface area contributed by atoms with Crippen LogP contribution < -0.4 is 0 Å². The van der Waals surface area contributed by atoms with Gasteiger partial charge in [0.05, 0.1) is 28.7 Å². The van der Waals surface area contributed by atoms with E-state index in [1.165, 1.54) is 6.26 Å². The summed E-state index contributed by atoms with van der Waals surface area (Å²) in [5.74, 6) is 0.756. The predicted molar refractivity (Wildman–Crippen MR) is 78.0 cm³/mol. The Morgan fingerprint density at radius 2 is 2.10 bits per heavy atom. The maximum Gasteiger partial charge on any atom is 0.178 e. The van der Waals surface area contributed by atoms with E-state index in [1.54, 1.807) is 24.5 Å². The number of hydrogen-bond donors (Lipinski definition) is 1. The zero-order chi connectivity index (χ0) is 14.3. The van der Waals surface area contributed by atoms with Gasteiger partial charge in [-0.1, -0.05) is 6.07 Å².